The Labute approximate surface area is 160 Å². The molecule has 0 aliphatic carbocycles. The number of nitrogens with zero attached hydrogens (tertiary/aromatic N) is 3. The maximum absolute atomic E-state index is 12.8. The number of fused-ring (bicyclic) bond motifs is 2. The second kappa shape index (κ2) is 6.82. The van der Waals surface area contributed by atoms with E-state index >= 15 is 0 Å². The molecule has 27 heavy (non-hydrogen) atoms. The Bertz CT molecular complexity index is 1300. The summed E-state index contributed by atoms with van der Waals surface area (Å²) in [6, 6.07) is 15.4. The molecular formula is C22H17N3OS. The highest BCUT2D eigenvalue weighted by atomic mass is 32.1. The first-order valence-corrected chi connectivity index (χ1v) is 9.37. The van der Waals surface area contributed by atoms with Crippen molar-refractivity contribution in [1.29, 1.82) is 0 Å². The molecule has 0 spiro atoms. The molecule has 2 aromatic heterocycles. The van der Waals surface area contributed by atoms with Crippen molar-refractivity contribution < 1.29 is 4.79 Å². The lowest BCUT2D eigenvalue weighted by atomic mass is 10.1. The summed E-state index contributed by atoms with van der Waals surface area (Å²) in [6.45, 7) is 4.35. The zero-order chi connectivity index (χ0) is 19.0. The van der Waals surface area contributed by atoms with Crippen molar-refractivity contribution in [2.75, 3.05) is 0 Å². The van der Waals surface area contributed by atoms with Crippen LogP contribution in [0.3, 0.4) is 0 Å². The number of benzene rings is 2. The lowest BCUT2D eigenvalue weighted by Crippen LogP contribution is -2.16. The van der Waals surface area contributed by atoms with Gasteiger partial charge < -0.3 is 4.57 Å². The van der Waals surface area contributed by atoms with Crippen LogP contribution in [0.1, 0.15) is 21.6 Å². The van der Waals surface area contributed by atoms with Gasteiger partial charge in [-0.2, -0.15) is 4.99 Å². The van der Waals surface area contributed by atoms with E-state index in [1.165, 1.54) is 11.3 Å². The fourth-order valence-corrected chi connectivity index (χ4v) is 4.25. The van der Waals surface area contributed by atoms with Crippen molar-refractivity contribution in [3.05, 3.63) is 70.2 Å². The van der Waals surface area contributed by atoms with Crippen LogP contribution in [0.4, 0.5) is 0 Å². The average Bonchev–Trinajstić information content (AvgIpc) is 3.00. The number of hydrogen-bond acceptors (Lipinski definition) is 3. The standard InChI is InChI=1S/C22H17N3OS/c1-4-12-25-20-14(2)6-5-7-19(20)27-22(25)24-21(26)17-10-11-18-16(13-17)9-8-15(3)23-18/h1,5-11,13H,12H2,2-3H3. The minimum absolute atomic E-state index is 0.285. The summed E-state index contributed by atoms with van der Waals surface area (Å²) in [4.78, 5) is 22.3. The van der Waals surface area contributed by atoms with Crippen LogP contribution in [0, 0.1) is 26.2 Å². The van der Waals surface area contributed by atoms with Gasteiger partial charge in [-0.3, -0.25) is 9.78 Å². The lowest BCUT2D eigenvalue weighted by molar-refractivity contribution is 0.0998. The molecule has 2 heterocycles. The molecule has 0 saturated carbocycles. The molecule has 0 aliphatic rings. The molecule has 1 amide bonds. The Kier molecular flexibility index (Phi) is 4.35. The average molecular weight is 371 g/mol. The fourth-order valence-electron chi connectivity index (χ4n) is 3.14. The number of amides is 1. The number of aryl methyl sites for hydroxylation is 2. The Morgan fingerprint density at radius 2 is 2.07 bits per heavy atom. The van der Waals surface area contributed by atoms with Gasteiger partial charge in [-0.15, -0.1) is 6.42 Å². The molecule has 0 bridgehead atoms. The summed E-state index contributed by atoms with van der Waals surface area (Å²) < 4.78 is 2.99. The summed E-state index contributed by atoms with van der Waals surface area (Å²) in [6.07, 6.45) is 5.55. The van der Waals surface area contributed by atoms with Gasteiger partial charge in [0.05, 0.1) is 22.3 Å². The number of terminal acetylenes is 1. The lowest BCUT2D eigenvalue weighted by Gasteiger charge is -2.03. The van der Waals surface area contributed by atoms with E-state index in [4.69, 9.17) is 6.42 Å². The van der Waals surface area contributed by atoms with Crippen LogP contribution in [0.25, 0.3) is 21.1 Å². The molecule has 4 nitrogen and oxygen atoms in total. The molecule has 132 valence electrons. The molecule has 0 N–H and O–H groups in total. The van der Waals surface area contributed by atoms with Gasteiger partial charge in [-0.1, -0.05) is 35.5 Å². The maximum atomic E-state index is 12.8. The van der Waals surface area contributed by atoms with Crippen LogP contribution in [0.15, 0.2) is 53.5 Å². The zero-order valence-corrected chi connectivity index (χ0v) is 15.9. The van der Waals surface area contributed by atoms with Crippen molar-refractivity contribution in [2.24, 2.45) is 4.99 Å². The van der Waals surface area contributed by atoms with Crippen molar-refractivity contribution in [1.82, 2.24) is 9.55 Å². The van der Waals surface area contributed by atoms with E-state index in [9.17, 15) is 4.79 Å². The van der Waals surface area contributed by atoms with E-state index < -0.39 is 0 Å². The van der Waals surface area contributed by atoms with E-state index in [1.807, 2.05) is 60.9 Å². The molecule has 0 radical (unpaired) electrons. The molecular weight excluding hydrogens is 354 g/mol. The third-order valence-electron chi connectivity index (χ3n) is 4.42. The SMILES string of the molecule is C#CCn1c(=NC(=O)c2ccc3nc(C)ccc3c2)sc2cccc(C)c21. The van der Waals surface area contributed by atoms with E-state index in [2.05, 4.69) is 15.9 Å². The molecule has 5 heteroatoms. The van der Waals surface area contributed by atoms with Crippen LogP contribution >= 0.6 is 11.3 Å². The third-order valence-corrected chi connectivity index (χ3v) is 5.47. The molecule has 0 fully saturated rings. The zero-order valence-electron chi connectivity index (χ0n) is 15.1. The van der Waals surface area contributed by atoms with Gasteiger partial charge in [-0.05, 0) is 49.7 Å². The Morgan fingerprint density at radius 1 is 1.22 bits per heavy atom. The predicted molar refractivity (Wildman–Crippen MR) is 110 cm³/mol. The fraction of sp³-hybridized carbons (Fsp3) is 0.136. The molecule has 4 aromatic rings. The summed E-state index contributed by atoms with van der Waals surface area (Å²) in [5, 5.41) is 0.922. The maximum Gasteiger partial charge on any atom is 0.279 e. The molecule has 0 aliphatic heterocycles. The molecule has 0 unspecified atom stereocenters. The Morgan fingerprint density at radius 3 is 2.89 bits per heavy atom. The highest BCUT2D eigenvalue weighted by Gasteiger charge is 2.11. The number of rotatable bonds is 2. The highest BCUT2D eigenvalue weighted by molar-refractivity contribution is 7.16. The Balaban J connectivity index is 1.85. The van der Waals surface area contributed by atoms with Crippen LogP contribution in [-0.2, 0) is 6.54 Å². The van der Waals surface area contributed by atoms with Crippen LogP contribution in [0.2, 0.25) is 0 Å². The smallest absolute Gasteiger partial charge is 0.279 e. The second-order valence-corrected chi connectivity index (χ2v) is 7.38. The van der Waals surface area contributed by atoms with Crippen molar-refractivity contribution >= 4 is 38.4 Å². The van der Waals surface area contributed by atoms with Gasteiger partial charge in [0.15, 0.2) is 4.80 Å². The summed E-state index contributed by atoms with van der Waals surface area (Å²) in [5.74, 6) is 2.38. The first-order valence-electron chi connectivity index (χ1n) is 8.56. The van der Waals surface area contributed by atoms with Crippen molar-refractivity contribution in [3.8, 4) is 12.3 Å². The van der Waals surface area contributed by atoms with Gasteiger partial charge in [0.2, 0.25) is 0 Å². The van der Waals surface area contributed by atoms with Crippen LogP contribution in [-0.4, -0.2) is 15.5 Å². The van der Waals surface area contributed by atoms with Crippen LogP contribution in [0.5, 0.6) is 0 Å². The predicted octanol–water partition coefficient (Wildman–Crippen LogP) is 4.24. The second-order valence-electron chi connectivity index (χ2n) is 6.37. The molecule has 2 aromatic carbocycles. The molecule has 0 saturated heterocycles. The molecule has 0 atom stereocenters. The third kappa shape index (κ3) is 3.16. The first kappa shape index (κ1) is 17.2. The minimum atomic E-state index is -0.285. The topological polar surface area (TPSA) is 47.2 Å². The largest absolute Gasteiger partial charge is 0.304 e. The summed E-state index contributed by atoms with van der Waals surface area (Å²) >= 11 is 1.47. The number of para-hydroxylation sites is 1. The number of thiazole rings is 1. The first-order chi connectivity index (χ1) is 13.1. The highest BCUT2D eigenvalue weighted by Crippen LogP contribution is 2.21. The van der Waals surface area contributed by atoms with E-state index in [0.717, 1.165) is 32.4 Å². The van der Waals surface area contributed by atoms with Crippen LogP contribution < -0.4 is 4.80 Å². The normalized spacial score (nSPS) is 11.8. The minimum Gasteiger partial charge on any atom is -0.304 e. The number of hydrogen-bond donors (Lipinski definition) is 0. The van der Waals surface area contributed by atoms with Gasteiger partial charge in [0, 0.05) is 16.6 Å². The van der Waals surface area contributed by atoms with Gasteiger partial charge >= 0.3 is 0 Å². The monoisotopic (exact) mass is 371 g/mol. The van der Waals surface area contributed by atoms with Gasteiger partial charge in [-0.25, -0.2) is 0 Å². The van der Waals surface area contributed by atoms with Gasteiger partial charge in [0.25, 0.3) is 5.91 Å². The summed E-state index contributed by atoms with van der Waals surface area (Å²) in [5.41, 5.74) is 4.49. The molecule has 4 rings (SSSR count). The summed E-state index contributed by atoms with van der Waals surface area (Å²) in [7, 11) is 0. The number of aromatic nitrogens is 2. The van der Waals surface area contributed by atoms with E-state index in [-0.39, 0.29) is 5.91 Å². The van der Waals surface area contributed by atoms with Crippen molar-refractivity contribution in [2.45, 2.75) is 20.4 Å². The number of pyridine rings is 1. The number of carbonyl (C=O) groups excluding carboxylic acids is 1. The van der Waals surface area contributed by atoms with E-state index in [1.54, 1.807) is 6.07 Å². The Hall–Kier alpha value is -3.23. The van der Waals surface area contributed by atoms with Crippen molar-refractivity contribution in [3.63, 3.8) is 0 Å². The quantitative estimate of drug-likeness (QED) is 0.495. The van der Waals surface area contributed by atoms with E-state index in [0.29, 0.717) is 16.9 Å². The van der Waals surface area contributed by atoms with Gasteiger partial charge in [0.1, 0.15) is 0 Å². The number of carbonyl (C=O) groups is 1.